The minimum Gasteiger partial charge on any atom is -0.386 e. The highest BCUT2D eigenvalue weighted by Gasteiger charge is 2.50. The molecule has 57 heavy (non-hydrogen) atoms. The van der Waals surface area contributed by atoms with E-state index in [0.29, 0.717) is 5.75 Å². The Kier molecular flexibility index (Phi) is 17.9. The average molecular weight is 892 g/mol. The second kappa shape index (κ2) is 21.0. The summed E-state index contributed by atoms with van der Waals surface area (Å²) in [7, 11) is -16.4. The van der Waals surface area contributed by atoms with Crippen molar-refractivity contribution in [3.8, 4) is 0 Å². The van der Waals surface area contributed by atoms with Crippen LogP contribution < -0.4 is 16.4 Å². The number of phosphoric acid groups is 3. The number of allylic oxidation sites excluding steroid dienone is 2. The highest BCUT2D eigenvalue weighted by Crippen LogP contribution is 2.61. The average Bonchev–Trinajstić information content (AvgIpc) is 3.67. The molecule has 28 heteroatoms. The lowest BCUT2D eigenvalue weighted by Crippen LogP contribution is -2.46. The minimum absolute atomic E-state index is 0.00105. The molecule has 3 rings (SSSR count). The Labute approximate surface area is 330 Å². The first kappa shape index (κ1) is 48.7. The van der Waals surface area contributed by atoms with Gasteiger partial charge in [-0.05, 0) is 13.3 Å². The number of amides is 2. The molecular weight excluding hydrogens is 843 g/mol. The van der Waals surface area contributed by atoms with E-state index in [9.17, 15) is 57.9 Å². The molecule has 1 saturated heterocycles. The summed E-state index contributed by atoms with van der Waals surface area (Å²) in [4.78, 5) is 88.1. The highest BCUT2D eigenvalue weighted by atomic mass is 32.2. The van der Waals surface area contributed by atoms with Gasteiger partial charge in [-0.1, -0.05) is 51.1 Å². The van der Waals surface area contributed by atoms with Gasteiger partial charge in [0.1, 0.15) is 36.3 Å². The fourth-order valence-corrected chi connectivity index (χ4v) is 8.87. The van der Waals surface area contributed by atoms with E-state index in [2.05, 4.69) is 34.4 Å². The molecule has 10 N–H and O–H groups in total. The lowest BCUT2D eigenvalue weighted by molar-refractivity contribution is -0.137. The smallest absolute Gasteiger partial charge is 0.386 e. The molecule has 1 aliphatic rings. The Morgan fingerprint density at radius 2 is 1.77 bits per heavy atom. The number of thioether (sulfide) groups is 1. The maximum absolute atomic E-state index is 12.7. The van der Waals surface area contributed by atoms with E-state index in [4.69, 9.17) is 19.5 Å². The molecule has 24 nitrogen and oxygen atoms in total. The topological polar surface area (TPSA) is 364 Å². The Balaban J connectivity index is 1.48. The number of aliphatic hydroxyl groups is 2. The Bertz CT molecular complexity index is 1880. The first-order valence-corrected chi connectivity index (χ1v) is 22.7. The normalized spacial score (nSPS) is 22.2. The van der Waals surface area contributed by atoms with Gasteiger partial charge >= 0.3 is 23.5 Å². The number of aromatic nitrogens is 4. The first-order chi connectivity index (χ1) is 26.5. The number of rotatable bonds is 23. The predicted molar refractivity (Wildman–Crippen MR) is 200 cm³/mol. The third-order valence-corrected chi connectivity index (χ3v) is 12.2. The molecule has 8 atom stereocenters. The van der Waals surface area contributed by atoms with Gasteiger partial charge < -0.3 is 50.9 Å². The molecule has 0 bridgehead atoms. The molecule has 322 valence electrons. The van der Waals surface area contributed by atoms with Crippen molar-refractivity contribution in [3.05, 3.63) is 24.8 Å². The summed E-state index contributed by atoms with van der Waals surface area (Å²) in [5.41, 5.74) is 4.26. The van der Waals surface area contributed by atoms with Crippen molar-refractivity contribution in [2.45, 2.75) is 77.6 Å². The van der Waals surface area contributed by atoms with Gasteiger partial charge in [-0.25, -0.2) is 28.6 Å². The summed E-state index contributed by atoms with van der Waals surface area (Å²) in [6, 6.07) is 0. The van der Waals surface area contributed by atoms with Gasteiger partial charge in [0.15, 0.2) is 22.8 Å². The van der Waals surface area contributed by atoms with Gasteiger partial charge in [0.25, 0.3) is 0 Å². The molecule has 1 aliphatic heterocycles. The number of nitrogens with one attached hydrogen (secondary N) is 2. The Morgan fingerprint density at radius 3 is 2.42 bits per heavy atom. The standard InChI is InChI=1S/C29H48N7O17P3S/c1-5-7-17(8-6-2)28(41)57-12-11-31-19(37)9-10-32-26(40)23(39)29(3,4)14-50-56(47,48)53-55(45,46)49-13-18-22(52-54(42,43)44)21(38)27(51-18)36-16-35-20-24(30)33-15-34-25(20)36/h5,7,15-18,21-23,27,38-39H,6,8-14H2,1-4H3,(H,31,37)(H,32,40)(H,45,46)(H,47,48)(H2,30,33,34)(H2,42,43,44)/b7-5+/t17?,18-,21-,22-,23?,27-/m0/s1. The van der Waals surface area contributed by atoms with Gasteiger partial charge in [0.05, 0.1) is 19.5 Å². The summed E-state index contributed by atoms with van der Waals surface area (Å²) in [6.45, 7) is 4.32. The number of anilines is 1. The highest BCUT2D eigenvalue weighted by molar-refractivity contribution is 8.13. The maximum atomic E-state index is 12.7. The number of nitrogens with two attached hydrogens (primary N) is 1. The largest absolute Gasteiger partial charge is 0.481 e. The third-order valence-electron chi connectivity index (χ3n) is 8.07. The van der Waals surface area contributed by atoms with Crippen molar-refractivity contribution in [2.24, 2.45) is 11.3 Å². The van der Waals surface area contributed by atoms with Gasteiger partial charge in [0, 0.05) is 36.6 Å². The molecule has 1 fully saturated rings. The van der Waals surface area contributed by atoms with Crippen LogP contribution >= 0.6 is 35.2 Å². The minimum atomic E-state index is -5.57. The van der Waals surface area contributed by atoms with Crippen LogP contribution in [0.3, 0.4) is 0 Å². The Morgan fingerprint density at radius 1 is 1.09 bits per heavy atom. The molecule has 0 aromatic carbocycles. The van der Waals surface area contributed by atoms with E-state index in [0.717, 1.165) is 41.8 Å². The lowest BCUT2D eigenvalue weighted by atomic mass is 9.87. The van der Waals surface area contributed by atoms with Crippen molar-refractivity contribution in [3.63, 3.8) is 0 Å². The summed E-state index contributed by atoms with van der Waals surface area (Å²) in [6.07, 6.45) is -1.68. The number of phosphoric ester groups is 3. The van der Waals surface area contributed by atoms with Crippen LogP contribution in [-0.2, 0) is 50.7 Å². The van der Waals surface area contributed by atoms with Crippen molar-refractivity contribution in [1.82, 2.24) is 30.2 Å². The van der Waals surface area contributed by atoms with E-state index in [1.54, 1.807) is 0 Å². The molecule has 2 aromatic rings. The predicted octanol–water partition coefficient (Wildman–Crippen LogP) is 0.657. The summed E-state index contributed by atoms with van der Waals surface area (Å²) >= 11 is 1.11. The van der Waals surface area contributed by atoms with Crippen LogP contribution in [-0.4, -0.2) is 123 Å². The maximum Gasteiger partial charge on any atom is 0.481 e. The van der Waals surface area contributed by atoms with Crippen molar-refractivity contribution in [2.75, 3.05) is 37.8 Å². The van der Waals surface area contributed by atoms with Crippen molar-refractivity contribution >= 4 is 69.1 Å². The second-order valence-electron chi connectivity index (χ2n) is 13.2. The van der Waals surface area contributed by atoms with E-state index in [1.165, 1.54) is 13.8 Å². The van der Waals surface area contributed by atoms with Gasteiger partial charge in [-0.2, -0.15) is 4.31 Å². The van der Waals surface area contributed by atoms with Gasteiger partial charge in [0.2, 0.25) is 11.8 Å². The van der Waals surface area contributed by atoms with Crippen LogP contribution in [0.1, 0.15) is 53.2 Å². The zero-order valence-corrected chi connectivity index (χ0v) is 34.7. The second-order valence-corrected chi connectivity index (χ2v) is 18.5. The van der Waals surface area contributed by atoms with Crippen molar-refractivity contribution in [1.29, 1.82) is 0 Å². The zero-order valence-electron chi connectivity index (χ0n) is 31.2. The quantitative estimate of drug-likeness (QED) is 0.0420. The molecule has 0 aliphatic carbocycles. The summed E-state index contributed by atoms with van der Waals surface area (Å²) < 4.78 is 62.2. The number of aliphatic hydroxyl groups excluding tert-OH is 2. The number of nitrogens with zero attached hydrogens (tertiary/aromatic N) is 4. The van der Waals surface area contributed by atoms with E-state index >= 15 is 0 Å². The number of carbonyl (C=O) groups is 3. The molecule has 0 spiro atoms. The monoisotopic (exact) mass is 891 g/mol. The summed E-state index contributed by atoms with van der Waals surface area (Å²) in [5, 5.41) is 26.4. The van der Waals surface area contributed by atoms with Crippen LogP contribution in [0.5, 0.6) is 0 Å². The zero-order chi connectivity index (χ0) is 42.8. The number of imidazole rings is 1. The van der Waals surface area contributed by atoms with E-state index in [-0.39, 0.29) is 47.5 Å². The fraction of sp³-hybridized carbons (Fsp3) is 0.655. The number of carbonyl (C=O) groups excluding carboxylic acids is 3. The van der Waals surface area contributed by atoms with Gasteiger partial charge in [-0.15, -0.1) is 0 Å². The number of nitrogen functional groups attached to an aromatic ring is 1. The lowest BCUT2D eigenvalue weighted by Gasteiger charge is -2.30. The number of fused-ring (bicyclic) bond motifs is 1. The molecule has 4 unspecified atom stereocenters. The third kappa shape index (κ3) is 14.8. The van der Waals surface area contributed by atoms with Crippen LogP contribution in [0.2, 0.25) is 0 Å². The van der Waals surface area contributed by atoms with Crippen LogP contribution in [0.25, 0.3) is 11.2 Å². The first-order valence-electron chi connectivity index (χ1n) is 17.2. The number of hydrogen-bond acceptors (Lipinski definition) is 18. The van der Waals surface area contributed by atoms with E-state index < -0.39 is 84.6 Å². The van der Waals surface area contributed by atoms with Crippen LogP contribution in [0.15, 0.2) is 24.8 Å². The Hall–Kier alpha value is -2.70. The number of ether oxygens (including phenoxy) is 1. The molecular formula is C29H48N7O17P3S. The molecule has 3 heterocycles. The van der Waals surface area contributed by atoms with E-state index in [1.807, 2.05) is 26.0 Å². The summed E-state index contributed by atoms with van der Waals surface area (Å²) in [5.74, 6) is -1.29. The molecule has 0 saturated carbocycles. The van der Waals surface area contributed by atoms with Crippen LogP contribution in [0, 0.1) is 11.3 Å². The SMILES string of the molecule is C/C=C/C(CCC)C(=O)SCCNC(=O)CCNC(=O)C(O)C(C)(C)COP(=O)(O)OP(=O)(O)OC[C@@H]1O[C@H](n2cnc3c(N)ncnc32)[C@@H](O)[C@H]1OP(=O)(O)O. The molecule has 2 aromatic heterocycles. The van der Waals surface area contributed by atoms with Crippen molar-refractivity contribution < 1.29 is 80.5 Å². The fourth-order valence-electron chi connectivity index (χ4n) is 5.22. The van der Waals surface area contributed by atoms with Gasteiger partial charge in [-0.3, -0.25) is 32.5 Å². The van der Waals surface area contributed by atoms with Crippen LogP contribution in [0.4, 0.5) is 5.82 Å². The molecule has 0 radical (unpaired) electrons. The number of hydrogen-bond donors (Lipinski definition) is 9. The molecule has 2 amide bonds.